The van der Waals surface area contributed by atoms with Gasteiger partial charge in [0.1, 0.15) is 0 Å². The summed E-state index contributed by atoms with van der Waals surface area (Å²) in [6.45, 7) is -0.187. The molecule has 0 atom stereocenters. The van der Waals surface area contributed by atoms with Crippen LogP contribution in [0, 0.1) is 5.82 Å². The molecule has 0 unspecified atom stereocenters. The molecule has 5 heteroatoms. The zero-order chi connectivity index (χ0) is 11.4. The zero-order valence-electron chi connectivity index (χ0n) is 8.66. The predicted molar refractivity (Wildman–Crippen MR) is 55.0 cm³/mol. The Morgan fingerprint density at radius 1 is 1.53 bits per heavy atom. The van der Waals surface area contributed by atoms with Gasteiger partial charge >= 0.3 is 0 Å². The quantitative estimate of drug-likeness (QED) is 0.756. The molecule has 1 aromatic carbocycles. The molecular formula is C10H13FN2O2. The Balaban J connectivity index is 2.62. The molecule has 0 bridgehead atoms. The van der Waals surface area contributed by atoms with Gasteiger partial charge in [0.15, 0.2) is 18.2 Å². The van der Waals surface area contributed by atoms with Crippen LogP contribution in [0.1, 0.15) is 0 Å². The molecule has 0 spiro atoms. The second-order valence-electron chi connectivity index (χ2n) is 3.27. The lowest BCUT2D eigenvalue weighted by Crippen LogP contribution is -2.27. The highest BCUT2D eigenvalue weighted by Gasteiger charge is 2.08. The van der Waals surface area contributed by atoms with Crippen molar-refractivity contribution in [1.29, 1.82) is 0 Å². The van der Waals surface area contributed by atoms with Crippen molar-refractivity contribution < 1.29 is 13.9 Å². The number of anilines is 1. The van der Waals surface area contributed by atoms with Gasteiger partial charge in [-0.2, -0.15) is 0 Å². The van der Waals surface area contributed by atoms with E-state index < -0.39 is 5.82 Å². The summed E-state index contributed by atoms with van der Waals surface area (Å²) in [5.41, 5.74) is 5.68. The summed E-state index contributed by atoms with van der Waals surface area (Å²) in [5.74, 6) is -0.771. The van der Waals surface area contributed by atoms with E-state index in [-0.39, 0.29) is 18.3 Å². The molecule has 1 aromatic rings. The molecular weight excluding hydrogens is 199 g/mol. The standard InChI is InChI=1S/C10H13FN2O2/c1-13(2)10(14)6-15-9-4-3-7(12)5-8(9)11/h3-5H,6,12H2,1-2H3. The minimum atomic E-state index is -0.568. The van der Waals surface area contributed by atoms with E-state index in [1.807, 2.05) is 0 Å². The molecule has 0 fully saturated rings. The summed E-state index contributed by atoms with van der Waals surface area (Å²) in [7, 11) is 3.20. The van der Waals surface area contributed by atoms with Crippen LogP contribution < -0.4 is 10.5 Å². The van der Waals surface area contributed by atoms with Gasteiger partial charge in [-0.3, -0.25) is 4.79 Å². The first-order valence-corrected chi connectivity index (χ1v) is 4.38. The third kappa shape index (κ3) is 3.12. The number of halogens is 1. The SMILES string of the molecule is CN(C)C(=O)COc1ccc(N)cc1F. The highest BCUT2D eigenvalue weighted by molar-refractivity contribution is 5.77. The normalized spacial score (nSPS) is 9.80. The molecule has 0 radical (unpaired) electrons. The van der Waals surface area contributed by atoms with Crippen molar-refractivity contribution in [2.24, 2.45) is 0 Å². The molecule has 2 N–H and O–H groups in total. The maximum atomic E-state index is 13.2. The van der Waals surface area contributed by atoms with Crippen molar-refractivity contribution in [2.45, 2.75) is 0 Å². The van der Waals surface area contributed by atoms with Gasteiger partial charge in [-0.05, 0) is 12.1 Å². The number of ether oxygens (including phenoxy) is 1. The van der Waals surface area contributed by atoms with Gasteiger partial charge in [0.25, 0.3) is 5.91 Å². The van der Waals surface area contributed by atoms with E-state index in [2.05, 4.69) is 0 Å². The average molecular weight is 212 g/mol. The predicted octanol–water partition coefficient (Wildman–Crippen LogP) is 0.875. The van der Waals surface area contributed by atoms with Gasteiger partial charge in [-0.1, -0.05) is 0 Å². The molecule has 4 nitrogen and oxygen atoms in total. The van der Waals surface area contributed by atoms with Crippen molar-refractivity contribution in [3.05, 3.63) is 24.0 Å². The van der Waals surface area contributed by atoms with Crippen LogP contribution in [-0.2, 0) is 4.79 Å². The minimum Gasteiger partial charge on any atom is -0.481 e. The van der Waals surface area contributed by atoms with E-state index in [1.54, 1.807) is 14.1 Å². The van der Waals surface area contributed by atoms with E-state index in [4.69, 9.17) is 10.5 Å². The van der Waals surface area contributed by atoms with Crippen LogP contribution in [0.2, 0.25) is 0 Å². The summed E-state index contributed by atoms with van der Waals surface area (Å²) in [5, 5.41) is 0. The highest BCUT2D eigenvalue weighted by Crippen LogP contribution is 2.19. The smallest absolute Gasteiger partial charge is 0.259 e. The molecule has 0 heterocycles. The topological polar surface area (TPSA) is 55.6 Å². The second-order valence-corrected chi connectivity index (χ2v) is 3.27. The molecule has 1 amide bonds. The van der Waals surface area contributed by atoms with Crippen molar-refractivity contribution in [2.75, 3.05) is 26.4 Å². The lowest BCUT2D eigenvalue weighted by atomic mass is 10.3. The van der Waals surface area contributed by atoms with Crippen LogP contribution in [0.15, 0.2) is 18.2 Å². The van der Waals surface area contributed by atoms with E-state index in [0.29, 0.717) is 5.69 Å². The van der Waals surface area contributed by atoms with Crippen molar-refractivity contribution in [1.82, 2.24) is 4.90 Å². The fraction of sp³-hybridized carbons (Fsp3) is 0.300. The molecule has 82 valence electrons. The first kappa shape index (κ1) is 11.3. The number of rotatable bonds is 3. The third-order valence-electron chi connectivity index (χ3n) is 1.81. The molecule has 0 aromatic heterocycles. The summed E-state index contributed by atoms with van der Waals surface area (Å²) in [6, 6.07) is 4.06. The van der Waals surface area contributed by atoms with Crippen molar-refractivity contribution >= 4 is 11.6 Å². The highest BCUT2D eigenvalue weighted by atomic mass is 19.1. The van der Waals surface area contributed by atoms with Gasteiger partial charge in [-0.25, -0.2) is 4.39 Å². The lowest BCUT2D eigenvalue weighted by molar-refractivity contribution is -0.130. The van der Waals surface area contributed by atoms with Crippen molar-refractivity contribution in [3.63, 3.8) is 0 Å². The maximum absolute atomic E-state index is 13.2. The monoisotopic (exact) mass is 212 g/mol. The van der Waals surface area contributed by atoms with Crippen LogP contribution in [-0.4, -0.2) is 31.5 Å². The summed E-state index contributed by atoms with van der Waals surface area (Å²) in [6.07, 6.45) is 0. The maximum Gasteiger partial charge on any atom is 0.259 e. The summed E-state index contributed by atoms with van der Waals surface area (Å²) < 4.78 is 18.2. The second kappa shape index (κ2) is 4.63. The Kier molecular flexibility index (Phi) is 3.49. The van der Waals surface area contributed by atoms with Crippen LogP contribution in [0.25, 0.3) is 0 Å². The number of amides is 1. The third-order valence-corrected chi connectivity index (χ3v) is 1.81. The summed E-state index contributed by atoms with van der Waals surface area (Å²) >= 11 is 0. The van der Waals surface area contributed by atoms with Crippen LogP contribution in [0.5, 0.6) is 5.75 Å². The number of nitrogens with zero attached hydrogens (tertiary/aromatic N) is 1. The number of nitrogen functional groups attached to an aromatic ring is 1. The van der Waals surface area contributed by atoms with E-state index >= 15 is 0 Å². The minimum absolute atomic E-state index is 0.0272. The van der Waals surface area contributed by atoms with Crippen LogP contribution in [0.4, 0.5) is 10.1 Å². The van der Waals surface area contributed by atoms with Crippen LogP contribution >= 0.6 is 0 Å². The Hall–Kier alpha value is -1.78. The Morgan fingerprint density at radius 3 is 2.73 bits per heavy atom. The largest absolute Gasteiger partial charge is 0.481 e. The molecule has 0 aliphatic heterocycles. The molecule has 1 rings (SSSR count). The Morgan fingerprint density at radius 2 is 2.20 bits per heavy atom. The number of carbonyl (C=O) groups excluding carboxylic acids is 1. The first-order valence-electron chi connectivity index (χ1n) is 4.38. The average Bonchev–Trinajstić information content (AvgIpc) is 2.15. The van der Waals surface area contributed by atoms with Gasteiger partial charge in [0, 0.05) is 25.8 Å². The molecule has 0 aliphatic rings. The van der Waals surface area contributed by atoms with E-state index in [0.717, 1.165) is 6.07 Å². The molecule has 0 saturated carbocycles. The first-order chi connectivity index (χ1) is 7.00. The van der Waals surface area contributed by atoms with Gasteiger partial charge in [0.05, 0.1) is 0 Å². The van der Waals surface area contributed by atoms with Gasteiger partial charge in [0.2, 0.25) is 0 Å². The van der Waals surface area contributed by atoms with Crippen molar-refractivity contribution in [3.8, 4) is 5.75 Å². The van der Waals surface area contributed by atoms with Gasteiger partial charge < -0.3 is 15.4 Å². The number of nitrogens with two attached hydrogens (primary N) is 1. The lowest BCUT2D eigenvalue weighted by Gasteiger charge is -2.11. The fourth-order valence-corrected chi connectivity index (χ4v) is 0.903. The fourth-order valence-electron chi connectivity index (χ4n) is 0.903. The Labute approximate surface area is 87.4 Å². The van der Waals surface area contributed by atoms with Crippen LogP contribution in [0.3, 0.4) is 0 Å². The number of carbonyl (C=O) groups is 1. The number of likely N-dealkylation sites (N-methyl/N-ethyl adjacent to an activating group) is 1. The Bertz CT molecular complexity index is 366. The molecule has 0 aliphatic carbocycles. The number of hydrogen-bond acceptors (Lipinski definition) is 3. The number of hydrogen-bond donors (Lipinski definition) is 1. The molecule has 0 saturated heterocycles. The molecule has 15 heavy (non-hydrogen) atoms. The zero-order valence-corrected chi connectivity index (χ0v) is 8.66. The van der Waals surface area contributed by atoms with Gasteiger partial charge in [-0.15, -0.1) is 0 Å². The van der Waals surface area contributed by atoms with E-state index in [1.165, 1.54) is 17.0 Å². The number of benzene rings is 1. The summed E-state index contributed by atoms with van der Waals surface area (Å²) in [4.78, 5) is 12.5. The van der Waals surface area contributed by atoms with E-state index in [9.17, 15) is 9.18 Å².